The number of nitrogens with zero attached hydrogens (tertiary/aromatic N) is 1. The van der Waals surface area contributed by atoms with Crippen LogP contribution in [0.4, 0.5) is 4.39 Å². The Hall–Kier alpha value is -1.78. The van der Waals surface area contributed by atoms with E-state index in [2.05, 4.69) is 31.1 Å². The summed E-state index contributed by atoms with van der Waals surface area (Å²) in [6, 6.07) is 10.5. The summed E-state index contributed by atoms with van der Waals surface area (Å²) in [5.74, 6) is 0.852. The number of halogens is 2. The summed E-state index contributed by atoms with van der Waals surface area (Å²) >= 11 is 5.78. The van der Waals surface area contributed by atoms with E-state index in [4.69, 9.17) is 21.1 Å². The lowest BCUT2D eigenvalue weighted by atomic mass is 10.1. The molecule has 0 aliphatic rings. The highest BCUT2D eigenvalue weighted by molar-refractivity contribution is 6.30. The van der Waals surface area contributed by atoms with Crippen molar-refractivity contribution < 1.29 is 13.9 Å². The van der Waals surface area contributed by atoms with Gasteiger partial charge in [-0.3, -0.25) is 0 Å². The Morgan fingerprint density at radius 2 is 1.92 bits per heavy atom. The van der Waals surface area contributed by atoms with Gasteiger partial charge in [-0.05, 0) is 63.3 Å². The van der Waals surface area contributed by atoms with Crippen LogP contribution in [0.15, 0.2) is 36.4 Å². The summed E-state index contributed by atoms with van der Waals surface area (Å²) in [4.78, 5) is 2.17. The third-order valence-corrected chi connectivity index (χ3v) is 3.99. The Kier molecular flexibility index (Phi) is 6.88. The first-order valence-corrected chi connectivity index (χ1v) is 8.25. The first-order chi connectivity index (χ1) is 11.5. The van der Waals surface area contributed by atoms with Gasteiger partial charge >= 0.3 is 0 Å². The Bertz CT molecular complexity index is 676. The maximum atomic E-state index is 13.2. The van der Waals surface area contributed by atoms with Crippen LogP contribution in [-0.2, 0) is 13.0 Å². The zero-order valence-corrected chi connectivity index (χ0v) is 15.1. The zero-order valence-electron chi connectivity index (χ0n) is 14.3. The summed E-state index contributed by atoms with van der Waals surface area (Å²) in [5.41, 5.74) is 2.20. The lowest BCUT2D eigenvalue weighted by Crippen LogP contribution is -2.13. The van der Waals surface area contributed by atoms with Crippen LogP contribution in [0.5, 0.6) is 11.5 Å². The molecule has 0 aromatic heterocycles. The van der Waals surface area contributed by atoms with E-state index in [1.807, 2.05) is 6.07 Å². The van der Waals surface area contributed by atoms with Crippen molar-refractivity contribution in [3.8, 4) is 11.5 Å². The molecular formula is C19H23ClFNO2. The molecule has 0 amide bonds. The normalized spacial score (nSPS) is 10.9. The quantitative estimate of drug-likeness (QED) is 0.695. The first-order valence-electron chi connectivity index (χ1n) is 7.88. The topological polar surface area (TPSA) is 21.7 Å². The smallest absolute Gasteiger partial charge is 0.142 e. The van der Waals surface area contributed by atoms with Crippen LogP contribution >= 0.6 is 11.6 Å². The number of methoxy groups -OCH3 is 1. The second kappa shape index (κ2) is 8.90. The van der Waals surface area contributed by atoms with Crippen molar-refractivity contribution in [1.82, 2.24) is 4.90 Å². The van der Waals surface area contributed by atoms with Crippen LogP contribution in [0, 0.1) is 5.82 Å². The van der Waals surface area contributed by atoms with E-state index in [0.717, 1.165) is 30.7 Å². The minimum absolute atomic E-state index is 0.0527. The highest BCUT2D eigenvalue weighted by Crippen LogP contribution is 2.25. The molecule has 0 unspecified atom stereocenters. The molecule has 0 saturated carbocycles. The zero-order chi connectivity index (χ0) is 17.5. The molecule has 5 heteroatoms. The monoisotopic (exact) mass is 351 g/mol. The van der Waals surface area contributed by atoms with Gasteiger partial charge in [0.15, 0.2) is 0 Å². The Morgan fingerprint density at radius 1 is 1.12 bits per heavy atom. The van der Waals surface area contributed by atoms with E-state index in [1.54, 1.807) is 13.2 Å². The average molecular weight is 352 g/mol. The number of benzene rings is 2. The maximum Gasteiger partial charge on any atom is 0.142 e. The van der Waals surface area contributed by atoms with Gasteiger partial charge in [0.1, 0.15) is 23.9 Å². The minimum Gasteiger partial charge on any atom is -0.496 e. The largest absolute Gasteiger partial charge is 0.496 e. The molecule has 0 fully saturated rings. The fraction of sp³-hybridized carbons (Fsp3) is 0.368. The molecule has 24 heavy (non-hydrogen) atoms. The van der Waals surface area contributed by atoms with Gasteiger partial charge in [0.25, 0.3) is 0 Å². The van der Waals surface area contributed by atoms with Crippen molar-refractivity contribution in [3.63, 3.8) is 0 Å². The van der Waals surface area contributed by atoms with Crippen molar-refractivity contribution in [1.29, 1.82) is 0 Å². The van der Waals surface area contributed by atoms with Gasteiger partial charge in [0.2, 0.25) is 0 Å². The molecule has 2 aromatic carbocycles. The number of hydrogen-bond acceptors (Lipinski definition) is 3. The van der Waals surface area contributed by atoms with E-state index in [9.17, 15) is 4.39 Å². The predicted molar refractivity (Wildman–Crippen MR) is 95.6 cm³/mol. The Labute approximate surface area is 147 Å². The highest BCUT2D eigenvalue weighted by atomic mass is 35.5. The van der Waals surface area contributed by atoms with Gasteiger partial charge in [-0.15, -0.1) is 0 Å². The number of aryl methyl sites for hydroxylation is 1. The standard InChI is InChI=1S/C19H23ClFNO2/c1-22(2)10-4-5-14-6-9-19(23-3)15(11-14)13-24-16-7-8-18(21)17(20)12-16/h6-9,11-12H,4-5,10,13H2,1-3H3. The first kappa shape index (κ1) is 18.6. The molecule has 0 saturated heterocycles. The molecule has 0 radical (unpaired) electrons. The molecule has 0 spiro atoms. The van der Waals surface area contributed by atoms with Crippen LogP contribution in [0.3, 0.4) is 0 Å². The summed E-state index contributed by atoms with van der Waals surface area (Å²) in [6.45, 7) is 1.39. The van der Waals surface area contributed by atoms with Gasteiger partial charge in [-0.1, -0.05) is 17.7 Å². The molecule has 2 rings (SSSR count). The molecule has 0 N–H and O–H groups in total. The molecule has 0 aliphatic carbocycles. The van der Waals surface area contributed by atoms with Crippen molar-refractivity contribution >= 4 is 11.6 Å². The van der Waals surface area contributed by atoms with Crippen molar-refractivity contribution in [2.24, 2.45) is 0 Å². The van der Waals surface area contributed by atoms with Crippen LogP contribution in [0.2, 0.25) is 5.02 Å². The lowest BCUT2D eigenvalue weighted by Gasteiger charge is -2.13. The third-order valence-electron chi connectivity index (χ3n) is 3.70. The summed E-state index contributed by atoms with van der Waals surface area (Å²) < 4.78 is 24.3. The summed E-state index contributed by atoms with van der Waals surface area (Å²) in [5, 5.41) is 0.0527. The fourth-order valence-electron chi connectivity index (χ4n) is 2.43. The lowest BCUT2D eigenvalue weighted by molar-refractivity contribution is 0.296. The molecule has 0 atom stereocenters. The van der Waals surface area contributed by atoms with E-state index < -0.39 is 5.82 Å². The summed E-state index contributed by atoms with van der Waals surface area (Å²) in [6.07, 6.45) is 2.09. The fourth-order valence-corrected chi connectivity index (χ4v) is 2.60. The molecule has 0 heterocycles. The van der Waals surface area contributed by atoms with E-state index in [1.165, 1.54) is 17.7 Å². The van der Waals surface area contributed by atoms with Crippen molar-refractivity contribution in [2.45, 2.75) is 19.4 Å². The molecular weight excluding hydrogens is 329 g/mol. The highest BCUT2D eigenvalue weighted by Gasteiger charge is 2.07. The van der Waals surface area contributed by atoms with Gasteiger partial charge in [0, 0.05) is 11.6 Å². The van der Waals surface area contributed by atoms with Crippen molar-refractivity contribution in [2.75, 3.05) is 27.7 Å². The number of rotatable bonds is 8. The Balaban J connectivity index is 2.05. The van der Waals surface area contributed by atoms with Crippen LogP contribution in [-0.4, -0.2) is 32.6 Å². The molecule has 0 bridgehead atoms. The second-order valence-corrected chi connectivity index (χ2v) is 6.32. The molecule has 0 aliphatic heterocycles. The number of ether oxygens (including phenoxy) is 2. The molecule has 2 aromatic rings. The van der Waals surface area contributed by atoms with E-state index >= 15 is 0 Å². The van der Waals surface area contributed by atoms with Crippen LogP contribution in [0.25, 0.3) is 0 Å². The number of hydrogen-bond donors (Lipinski definition) is 0. The molecule has 3 nitrogen and oxygen atoms in total. The third kappa shape index (κ3) is 5.39. The SMILES string of the molecule is COc1ccc(CCCN(C)C)cc1COc1ccc(F)c(Cl)c1. The van der Waals surface area contributed by atoms with Gasteiger partial charge in [-0.25, -0.2) is 4.39 Å². The second-order valence-electron chi connectivity index (χ2n) is 5.92. The van der Waals surface area contributed by atoms with E-state index in [-0.39, 0.29) is 5.02 Å². The maximum absolute atomic E-state index is 13.2. The predicted octanol–water partition coefficient (Wildman–Crippen LogP) is 4.56. The van der Waals surface area contributed by atoms with Gasteiger partial charge in [-0.2, -0.15) is 0 Å². The van der Waals surface area contributed by atoms with Gasteiger partial charge < -0.3 is 14.4 Å². The average Bonchev–Trinajstić information content (AvgIpc) is 2.56. The van der Waals surface area contributed by atoms with Crippen LogP contribution < -0.4 is 9.47 Å². The van der Waals surface area contributed by atoms with Crippen LogP contribution in [0.1, 0.15) is 17.5 Å². The summed E-state index contributed by atoms with van der Waals surface area (Å²) in [7, 11) is 5.78. The van der Waals surface area contributed by atoms with Gasteiger partial charge in [0.05, 0.1) is 12.1 Å². The van der Waals surface area contributed by atoms with Crippen molar-refractivity contribution in [3.05, 3.63) is 58.4 Å². The Morgan fingerprint density at radius 3 is 2.58 bits per heavy atom. The molecule has 130 valence electrons. The van der Waals surface area contributed by atoms with E-state index in [0.29, 0.717) is 12.4 Å². The minimum atomic E-state index is -0.454.